The van der Waals surface area contributed by atoms with Crippen molar-refractivity contribution in [3.63, 3.8) is 0 Å². The van der Waals surface area contributed by atoms with Gasteiger partial charge in [0.2, 0.25) is 0 Å². The van der Waals surface area contributed by atoms with Crippen LogP contribution in [0, 0.1) is 0 Å². The van der Waals surface area contributed by atoms with Crippen molar-refractivity contribution in [3.05, 3.63) is 0 Å². The van der Waals surface area contributed by atoms with Crippen LogP contribution in [0.5, 0.6) is 0 Å². The minimum absolute atomic E-state index is 0.0362. The Kier molecular flexibility index (Phi) is 8.84. The molecule has 0 saturated carbocycles. The molecule has 1 N–H and O–H groups in total. The summed E-state index contributed by atoms with van der Waals surface area (Å²) < 4.78 is 35.3. The zero-order valence-corrected chi connectivity index (χ0v) is 10.7. The molecule has 0 aromatic heterocycles. The quantitative estimate of drug-likeness (QED) is 0.673. The van der Waals surface area contributed by atoms with Crippen LogP contribution < -0.4 is 5.32 Å². The van der Waals surface area contributed by atoms with E-state index in [4.69, 9.17) is 0 Å². The van der Waals surface area contributed by atoms with E-state index in [-0.39, 0.29) is 17.5 Å². The van der Waals surface area contributed by atoms with Gasteiger partial charge in [-0.05, 0) is 36.6 Å². The van der Waals surface area contributed by atoms with Gasteiger partial charge in [0.05, 0.1) is 0 Å². The van der Waals surface area contributed by atoms with Crippen LogP contribution in [0.3, 0.4) is 0 Å². The predicted octanol–water partition coefficient (Wildman–Crippen LogP) is 3.36. The van der Waals surface area contributed by atoms with Crippen molar-refractivity contribution < 1.29 is 13.2 Å². The highest BCUT2D eigenvalue weighted by molar-refractivity contribution is 8.00. The molecule has 0 aliphatic heterocycles. The lowest BCUT2D eigenvalue weighted by molar-refractivity contribution is -0.0327. The first-order valence-corrected chi connectivity index (χ1v) is 7.11. The summed E-state index contributed by atoms with van der Waals surface area (Å²) in [5, 5.41) is 3.08. The van der Waals surface area contributed by atoms with Gasteiger partial charge >= 0.3 is 5.51 Å². The van der Waals surface area contributed by atoms with Crippen molar-refractivity contribution in [3.8, 4) is 0 Å². The van der Waals surface area contributed by atoms with Crippen molar-refractivity contribution in [2.75, 3.05) is 23.8 Å². The van der Waals surface area contributed by atoms with Gasteiger partial charge in [0, 0.05) is 18.3 Å². The molecule has 15 heavy (non-hydrogen) atoms. The van der Waals surface area contributed by atoms with Crippen LogP contribution in [-0.2, 0) is 0 Å². The molecule has 0 saturated heterocycles. The fourth-order valence-electron chi connectivity index (χ4n) is 0.979. The maximum atomic E-state index is 11.8. The van der Waals surface area contributed by atoms with Gasteiger partial charge in [-0.2, -0.15) is 24.9 Å². The van der Waals surface area contributed by atoms with Crippen molar-refractivity contribution in [1.82, 2.24) is 5.32 Å². The van der Waals surface area contributed by atoms with Crippen LogP contribution in [0.2, 0.25) is 0 Å². The van der Waals surface area contributed by atoms with E-state index >= 15 is 0 Å². The topological polar surface area (TPSA) is 12.0 Å². The van der Waals surface area contributed by atoms with E-state index in [2.05, 4.69) is 12.2 Å². The number of hydrogen-bond acceptors (Lipinski definition) is 3. The van der Waals surface area contributed by atoms with E-state index in [1.165, 1.54) is 0 Å². The highest BCUT2D eigenvalue weighted by Gasteiger charge is 2.27. The van der Waals surface area contributed by atoms with E-state index in [1.54, 1.807) is 0 Å². The van der Waals surface area contributed by atoms with Crippen LogP contribution >= 0.6 is 23.5 Å². The van der Waals surface area contributed by atoms with Crippen LogP contribution in [0.15, 0.2) is 0 Å². The first kappa shape index (κ1) is 15.4. The van der Waals surface area contributed by atoms with Crippen LogP contribution in [0.4, 0.5) is 13.2 Å². The molecule has 0 spiro atoms. The van der Waals surface area contributed by atoms with E-state index < -0.39 is 5.51 Å². The van der Waals surface area contributed by atoms with E-state index in [1.807, 2.05) is 18.7 Å². The molecule has 0 heterocycles. The van der Waals surface area contributed by atoms with Gasteiger partial charge < -0.3 is 5.32 Å². The number of thioether (sulfide) groups is 2. The largest absolute Gasteiger partial charge is 0.441 e. The number of rotatable bonds is 8. The molecular formula is C9H18F3NS2. The minimum Gasteiger partial charge on any atom is -0.313 e. The van der Waals surface area contributed by atoms with E-state index in [0.717, 1.165) is 17.9 Å². The van der Waals surface area contributed by atoms with Gasteiger partial charge in [0.25, 0.3) is 0 Å². The normalized spacial score (nSPS) is 14.2. The Morgan fingerprint density at radius 1 is 1.27 bits per heavy atom. The SMILES string of the molecule is CCSCCC(C)NCCSC(F)(F)F. The van der Waals surface area contributed by atoms with Gasteiger partial charge in [-0.3, -0.25) is 0 Å². The molecule has 0 bridgehead atoms. The molecule has 0 rings (SSSR count). The minimum atomic E-state index is -4.09. The number of nitrogens with one attached hydrogen (secondary N) is 1. The first-order valence-electron chi connectivity index (χ1n) is 4.97. The van der Waals surface area contributed by atoms with Crippen LogP contribution in [0.1, 0.15) is 20.3 Å². The fraction of sp³-hybridized carbons (Fsp3) is 1.00. The summed E-state index contributed by atoms with van der Waals surface area (Å²) >= 11 is 1.89. The summed E-state index contributed by atoms with van der Waals surface area (Å²) in [6, 6.07) is 0.304. The van der Waals surface area contributed by atoms with Gasteiger partial charge in [-0.1, -0.05) is 6.92 Å². The average Bonchev–Trinajstić information content (AvgIpc) is 2.11. The lowest BCUT2D eigenvalue weighted by Gasteiger charge is -2.13. The summed E-state index contributed by atoms with van der Waals surface area (Å²) in [6.07, 6.45) is 1.01. The summed E-state index contributed by atoms with van der Waals surface area (Å²) in [5.41, 5.74) is -4.09. The van der Waals surface area contributed by atoms with Crippen molar-refractivity contribution >= 4 is 23.5 Å². The highest BCUT2D eigenvalue weighted by atomic mass is 32.2. The number of alkyl halides is 3. The number of halogens is 3. The molecule has 1 nitrogen and oxygen atoms in total. The highest BCUT2D eigenvalue weighted by Crippen LogP contribution is 2.29. The summed E-state index contributed by atoms with van der Waals surface area (Å²) in [5.74, 6) is 2.25. The molecular weight excluding hydrogens is 243 g/mol. The smallest absolute Gasteiger partial charge is 0.313 e. The summed E-state index contributed by atoms with van der Waals surface area (Å²) in [4.78, 5) is 0. The Labute approximate surface area is 98.0 Å². The Balaban J connectivity index is 3.27. The molecule has 1 unspecified atom stereocenters. The molecule has 6 heteroatoms. The second kappa shape index (κ2) is 8.58. The maximum Gasteiger partial charge on any atom is 0.441 e. The van der Waals surface area contributed by atoms with Crippen molar-refractivity contribution in [1.29, 1.82) is 0 Å². The predicted molar refractivity (Wildman–Crippen MR) is 63.6 cm³/mol. The molecule has 0 radical (unpaired) electrons. The van der Waals surface area contributed by atoms with Gasteiger partial charge in [-0.25, -0.2) is 0 Å². The van der Waals surface area contributed by atoms with Crippen molar-refractivity contribution in [2.45, 2.75) is 31.8 Å². The third kappa shape index (κ3) is 12.4. The molecule has 0 aliphatic rings. The Bertz CT molecular complexity index is 153. The lowest BCUT2D eigenvalue weighted by Crippen LogP contribution is -2.29. The third-order valence-corrected chi connectivity index (χ3v) is 3.43. The first-order chi connectivity index (χ1) is 6.95. The number of hydrogen-bond donors (Lipinski definition) is 1. The lowest BCUT2D eigenvalue weighted by atomic mass is 10.3. The van der Waals surface area contributed by atoms with E-state index in [0.29, 0.717) is 12.6 Å². The standard InChI is InChI=1S/C9H18F3NS2/c1-3-14-6-4-8(2)13-5-7-15-9(10,11)12/h8,13H,3-7H2,1-2H3. The molecule has 0 amide bonds. The average molecular weight is 261 g/mol. The van der Waals surface area contributed by atoms with Crippen LogP contribution in [0.25, 0.3) is 0 Å². The second-order valence-corrected chi connectivity index (χ2v) is 5.69. The van der Waals surface area contributed by atoms with Gasteiger partial charge in [0.1, 0.15) is 0 Å². The zero-order chi connectivity index (χ0) is 11.7. The summed E-state index contributed by atoms with van der Waals surface area (Å²) in [6.45, 7) is 4.53. The van der Waals surface area contributed by atoms with Crippen molar-refractivity contribution in [2.24, 2.45) is 0 Å². The maximum absolute atomic E-state index is 11.8. The molecule has 0 aliphatic carbocycles. The Morgan fingerprint density at radius 3 is 2.47 bits per heavy atom. The second-order valence-electron chi connectivity index (χ2n) is 3.13. The fourth-order valence-corrected chi connectivity index (χ4v) is 2.24. The summed E-state index contributed by atoms with van der Waals surface area (Å²) in [7, 11) is 0. The van der Waals surface area contributed by atoms with Crippen LogP contribution in [-0.4, -0.2) is 35.4 Å². The molecule has 0 aromatic carbocycles. The zero-order valence-electron chi connectivity index (χ0n) is 9.06. The Hall–Kier alpha value is 0.450. The molecule has 0 aromatic rings. The molecule has 1 atom stereocenters. The Morgan fingerprint density at radius 2 is 1.93 bits per heavy atom. The molecule has 92 valence electrons. The molecule has 0 fully saturated rings. The van der Waals surface area contributed by atoms with Gasteiger partial charge in [0.15, 0.2) is 0 Å². The monoisotopic (exact) mass is 261 g/mol. The third-order valence-electron chi connectivity index (χ3n) is 1.76. The van der Waals surface area contributed by atoms with Gasteiger partial charge in [-0.15, -0.1) is 0 Å². The van der Waals surface area contributed by atoms with E-state index in [9.17, 15) is 13.2 Å².